The third kappa shape index (κ3) is 5.33. The summed E-state index contributed by atoms with van der Waals surface area (Å²) in [6, 6.07) is 3.75. The van der Waals surface area contributed by atoms with Crippen LogP contribution in [-0.4, -0.2) is 35.4 Å². The highest BCUT2D eigenvalue weighted by Crippen LogP contribution is 2.33. The number of ether oxygens (including phenoxy) is 1. The standard InChI is InChI=1S/C21H35N3O2Si/c1-16(25)19-14-22-21-18(20(19)23-17-8-6-5-7-9-17)10-11-24(21)15-26-12-13-27(2,3)4/h10-11,14,16-17,25H,5-9,12-13,15H2,1-4H3,(H,22,23). The van der Waals surface area contributed by atoms with Gasteiger partial charge in [-0.1, -0.05) is 38.9 Å². The maximum atomic E-state index is 10.2. The van der Waals surface area contributed by atoms with Gasteiger partial charge in [-0.3, -0.25) is 0 Å². The van der Waals surface area contributed by atoms with Crippen molar-refractivity contribution >= 4 is 24.8 Å². The van der Waals surface area contributed by atoms with Crippen LogP contribution in [0.3, 0.4) is 0 Å². The zero-order chi connectivity index (χ0) is 19.4. The first-order chi connectivity index (χ1) is 12.8. The van der Waals surface area contributed by atoms with E-state index in [4.69, 9.17) is 4.74 Å². The molecule has 1 atom stereocenters. The lowest BCUT2D eigenvalue weighted by molar-refractivity contribution is 0.0899. The topological polar surface area (TPSA) is 59.3 Å². The second-order valence-corrected chi connectivity index (χ2v) is 14.7. The Morgan fingerprint density at radius 2 is 2.04 bits per heavy atom. The molecule has 0 spiro atoms. The number of aromatic nitrogens is 2. The number of anilines is 1. The highest BCUT2D eigenvalue weighted by atomic mass is 28.3. The average Bonchev–Trinajstić information content (AvgIpc) is 3.02. The zero-order valence-corrected chi connectivity index (χ0v) is 18.3. The summed E-state index contributed by atoms with van der Waals surface area (Å²) in [5, 5.41) is 15.0. The molecule has 0 amide bonds. The lowest BCUT2D eigenvalue weighted by atomic mass is 9.94. The number of aliphatic hydroxyl groups excluding tert-OH is 1. The quantitative estimate of drug-likeness (QED) is 0.484. The summed E-state index contributed by atoms with van der Waals surface area (Å²) in [6.45, 7) is 10.2. The first kappa shape index (κ1) is 20.4. The van der Waals surface area contributed by atoms with Crippen LogP contribution in [0, 0.1) is 0 Å². The third-order valence-corrected chi connectivity index (χ3v) is 7.15. The number of hydrogen-bond donors (Lipinski definition) is 2. The fraction of sp³-hybridized carbons (Fsp3) is 0.667. The maximum Gasteiger partial charge on any atom is 0.143 e. The van der Waals surface area contributed by atoms with Gasteiger partial charge in [-0.25, -0.2) is 4.98 Å². The van der Waals surface area contributed by atoms with Crippen molar-refractivity contribution in [2.75, 3.05) is 11.9 Å². The van der Waals surface area contributed by atoms with Crippen molar-refractivity contribution in [1.29, 1.82) is 0 Å². The fourth-order valence-corrected chi connectivity index (χ4v) is 4.48. The number of fused-ring (bicyclic) bond motifs is 1. The smallest absolute Gasteiger partial charge is 0.143 e. The van der Waals surface area contributed by atoms with Crippen LogP contribution in [0.25, 0.3) is 11.0 Å². The van der Waals surface area contributed by atoms with E-state index in [-0.39, 0.29) is 0 Å². The maximum absolute atomic E-state index is 10.2. The number of pyridine rings is 1. The van der Waals surface area contributed by atoms with Crippen LogP contribution in [0.2, 0.25) is 25.7 Å². The van der Waals surface area contributed by atoms with Crippen LogP contribution in [0.4, 0.5) is 5.69 Å². The molecule has 5 nitrogen and oxygen atoms in total. The summed E-state index contributed by atoms with van der Waals surface area (Å²) in [5.41, 5.74) is 2.85. The Labute approximate surface area is 164 Å². The number of rotatable bonds is 8. The van der Waals surface area contributed by atoms with Gasteiger partial charge in [0.15, 0.2) is 0 Å². The summed E-state index contributed by atoms with van der Waals surface area (Å²) < 4.78 is 7.98. The van der Waals surface area contributed by atoms with Crippen molar-refractivity contribution in [1.82, 2.24) is 9.55 Å². The van der Waals surface area contributed by atoms with Crippen LogP contribution in [0.1, 0.15) is 50.7 Å². The van der Waals surface area contributed by atoms with Gasteiger partial charge in [0.2, 0.25) is 0 Å². The van der Waals surface area contributed by atoms with Gasteiger partial charge >= 0.3 is 0 Å². The molecule has 27 heavy (non-hydrogen) atoms. The van der Waals surface area contributed by atoms with Crippen LogP contribution >= 0.6 is 0 Å². The van der Waals surface area contributed by atoms with E-state index < -0.39 is 14.2 Å². The molecular weight excluding hydrogens is 354 g/mol. The molecule has 6 heteroatoms. The third-order valence-electron chi connectivity index (χ3n) is 5.45. The minimum Gasteiger partial charge on any atom is -0.389 e. The summed E-state index contributed by atoms with van der Waals surface area (Å²) in [4.78, 5) is 4.64. The van der Waals surface area contributed by atoms with Crippen molar-refractivity contribution in [3.8, 4) is 0 Å². The van der Waals surface area contributed by atoms with E-state index in [0.29, 0.717) is 12.8 Å². The average molecular weight is 390 g/mol. The van der Waals surface area contributed by atoms with E-state index in [0.717, 1.165) is 28.9 Å². The number of hydrogen-bond acceptors (Lipinski definition) is 4. The van der Waals surface area contributed by atoms with Crippen molar-refractivity contribution in [2.24, 2.45) is 0 Å². The lowest BCUT2D eigenvalue weighted by Crippen LogP contribution is -2.23. The van der Waals surface area contributed by atoms with E-state index in [1.54, 1.807) is 0 Å². The minimum absolute atomic E-state index is 0.484. The molecule has 1 aliphatic carbocycles. The molecule has 0 aromatic carbocycles. The molecule has 3 rings (SSSR count). The second-order valence-electron chi connectivity index (χ2n) is 9.11. The molecule has 2 N–H and O–H groups in total. The Morgan fingerprint density at radius 1 is 1.30 bits per heavy atom. The molecule has 1 aliphatic rings. The van der Waals surface area contributed by atoms with Crippen molar-refractivity contribution < 1.29 is 9.84 Å². The Bertz CT molecular complexity index is 746. The zero-order valence-electron chi connectivity index (χ0n) is 17.3. The number of nitrogens with one attached hydrogen (secondary N) is 1. The van der Waals surface area contributed by atoms with Gasteiger partial charge in [-0.2, -0.15) is 0 Å². The molecule has 0 saturated heterocycles. The monoisotopic (exact) mass is 389 g/mol. The summed E-state index contributed by atoms with van der Waals surface area (Å²) in [7, 11) is -1.07. The molecule has 1 saturated carbocycles. The summed E-state index contributed by atoms with van der Waals surface area (Å²) in [6.07, 6.45) is 9.61. The molecule has 0 radical (unpaired) electrons. The molecule has 2 heterocycles. The Morgan fingerprint density at radius 3 is 2.70 bits per heavy atom. The van der Waals surface area contributed by atoms with Gasteiger partial charge in [0.1, 0.15) is 12.4 Å². The van der Waals surface area contributed by atoms with E-state index in [1.807, 2.05) is 19.3 Å². The van der Waals surface area contributed by atoms with Gasteiger partial charge in [0.05, 0.1) is 11.8 Å². The Balaban J connectivity index is 1.79. The lowest BCUT2D eigenvalue weighted by Gasteiger charge is -2.26. The molecule has 1 unspecified atom stereocenters. The highest BCUT2D eigenvalue weighted by Gasteiger charge is 2.20. The first-order valence-electron chi connectivity index (χ1n) is 10.4. The van der Waals surface area contributed by atoms with E-state index in [9.17, 15) is 5.11 Å². The van der Waals surface area contributed by atoms with Crippen LogP contribution in [-0.2, 0) is 11.5 Å². The summed E-state index contributed by atoms with van der Waals surface area (Å²) >= 11 is 0. The van der Waals surface area contributed by atoms with Gasteiger partial charge in [0.25, 0.3) is 0 Å². The van der Waals surface area contributed by atoms with Gasteiger partial charge in [-0.05, 0) is 31.9 Å². The van der Waals surface area contributed by atoms with Crippen molar-refractivity contribution in [2.45, 2.75) is 83.6 Å². The Kier molecular flexibility index (Phi) is 6.60. The second kappa shape index (κ2) is 8.75. The molecule has 150 valence electrons. The van der Waals surface area contributed by atoms with Crippen LogP contribution < -0.4 is 5.32 Å². The van der Waals surface area contributed by atoms with Gasteiger partial charge in [0, 0.05) is 44.1 Å². The van der Waals surface area contributed by atoms with E-state index in [1.165, 1.54) is 38.1 Å². The molecule has 0 bridgehead atoms. The molecule has 2 aromatic rings. The minimum atomic E-state index is -1.07. The fourth-order valence-electron chi connectivity index (χ4n) is 3.73. The van der Waals surface area contributed by atoms with Crippen LogP contribution in [0.5, 0.6) is 0 Å². The predicted octanol–water partition coefficient (Wildman–Crippen LogP) is 5.15. The van der Waals surface area contributed by atoms with Gasteiger partial charge in [-0.15, -0.1) is 0 Å². The number of nitrogens with zero attached hydrogens (tertiary/aromatic N) is 2. The van der Waals surface area contributed by atoms with Gasteiger partial charge < -0.3 is 19.7 Å². The SMILES string of the molecule is CC(O)c1cnc2c(ccn2COCC[Si](C)(C)C)c1NC1CCCCC1. The molecule has 1 fully saturated rings. The van der Waals surface area contributed by atoms with E-state index in [2.05, 4.69) is 40.6 Å². The predicted molar refractivity (Wildman–Crippen MR) is 115 cm³/mol. The largest absolute Gasteiger partial charge is 0.389 e. The van der Waals surface area contributed by atoms with Crippen molar-refractivity contribution in [3.05, 3.63) is 24.0 Å². The highest BCUT2D eigenvalue weighted by molar-refractivity contribution is 6.76. The Hall–Kier alpha value is -1.37. The van der Waals surface area contributed by atoms with Crippen LogP contribution in [0.15, 0.2) is 18.5 Å². The van der Waals surface area contributed by atoms with E-state index >= 15 is 0 Å². The molecule has 0 aliphatic heterocycles. The number of aliphatic hydroxyl groups is 1. The first-order valence-corrected chi connectivity index (χ1v) is 14.1. The van der Waals surface area contributed by atoms with Crippen molar-refractivity contribution in [3.63, 3.8) is 0 Å². The molecule has 2 aromatic heterocycles. The summed E-state index contributed by atoms with van der Waals surface area (Å²) in [5.74, 6) is 0. The normalized spacial score (nSPS) is 17.4. The molecular formula is C21H35N3O2Si.